The molecule has 0 aromatic rings. The highest BCUT2D eigenvalue weighted by atomic mass is 16.5. The summed E-state index contributed by atoms with van der Waals surface area (Å²) in [7, 11) is 0. The molecule has 1 unspecified atom stereocenters. The minimum absolute atomic E-state index is 0.0461. The van der Waals surface area contributed by atoms with E-state index in [0.717, 1.165) is 12.8 Å². The summed E-state index contributed by atoms with van der Waals surface area (Å²) in [4.78, 5) is 11.3. The largest absolute Gasteiger partial charge is 0.466 e. The Bertz CT molecular complexity index is 208. The second-order valence-corrected chi connectivity index (χ2v) is 3.93. The van der Waals surface area contributed by atoms with Gasteiger partial charge in [-0.05, 0) is 31.6 Å². The standard InChI is InChI=1S/C11H18O2/c1-3-13-10(12)9-11(2)7-5-4-6-8-11/h5,7H,3-4,6,8-9H2,1-2H3. The van der Waals surface area contributed by atoms with Gasteiger partial charge >= 0.3 is 5.97 Å². The smallest absolute Gasteiger partial charge is 0.306 e. The van der Waals surface area contributed by atoms with E-state index >= 15 is 0 Å². The molecular formula is C11H18O2. The zero-order chi connectivity index (χ0) is 9.73. The molecule has 0 N–H and O–H groups in total. The molecule has 0 aromatic carbocycles. The van der Waals surface area contributed by atoms with Gasteiger partial charge in [-0.15, -0.1) is 0 Å². The summed E-state index contributed by atoms with van der Waals surface area (Å²) in [5.41, 5.74) is 0.0461. The van der Waals surface area contributed by atoms with Crippen LogP contribution in [-0.2, 0) is 9.53 Å². The molecule has 2 heteroatoms. The average molecular weight is 182 g/mol. The fraction of sp³-hybridized carbons (Fsp3) is 0.727. The van der Waals surface area contributed by atoms with Crippen LogP contribution in [0.25, 0.3) is 0 Å². The Morgan fingerprint density at radius 1 is 1.62 bits per heavy atom. The Kier molecular flexibility index (Phi) is 3.52. The third-order valence-electron chi connectivity index (χ3n) is 2.49. The Labute approximate surface area is 80.0 Å². The number of ether oxygens (including phenoxy) is 1. The first-order valence-electron chi connectivity index (χ1n) is 4.99. The van der Waals surface area contributed by atoms with E-state index in [1.807, 2.05) is 6.92 Å². The topological polar surface area (TPSA) is 26.3 Å². The molecule has 1 aliphatic rings. The Morgan fingerprint density at radius 2 is 2.38 bits per heavy atom. The maximum Gasteiger partial charge on any atom is 0.306 e. The first kappa shape index (κ1) is 10.3. The van der Waals surface area contributed by atoms with Crippen molar-refractivity contribution in [3.63, 3.8) is 0 Å². The van der Waals surface area contributed by atoms with Crippen molar-refractivity contribution < 1.29 is 9.53 Å². The van der Waals surface area contributed by atoms with E-state index in [1.165, 1.54) is 6.42 Å². The van der Waals surface area contributed by atoms with Crippen LogP contribution in [0.15, 0.2) is 12.2 Å². The molecule has 0 saturated carbocycles. The summed E-state index contributed by atoms with van der Waals surface area (Å²) in [5, 5.41) is 0. The van der Waals surface area contributed by atoms with Crippen molar-refractivity contribution in [2.24, 2.45) is 5.41 Å². The van der Waals surface area contributed by atoms with Gasteiger partial charge in [0.15, 0.2) is 0 Å². The van der Waals surface area contributed by atoms with E-state index < -0.39 is 0 Å². The number of esters is 1. The molecule has 1 rings (SSSR count). The Hall–Kier alpha value is -0.790. The molecular weight excluding hydrogens is 164 g/mol. The third kappa shape index (κ3) is 3.21. The van der Waals surface area contributed by atoms with Crippen molar-refractivity contribution in [2.45, 2.75) is 39.5 Å². The number of hydrogen-bond acceptors (Lipinski definition) is 2. The second kappa shape index (κ2) is 4.45. The van der Waals surface area contributed by atoms with Gasteiger partial charge in [0.05, 0.1) is 13.0 Å². The quantitative estimate of drug-likeness (QED) is 0.495. The van der Waals surface area contributed by atoms with Crippen LogP contribution >= 0.6 is 0 Å². The Balaban J connectivity index is 2.45. The Morgan fingerprint density at radius 3 is 2.92 bits per heavy atom. The number of hydrogen-bond donors (Lipinski definition) is 0. The molecule has 0 fully saturated rings. The molecule has 0 radical (unpaired) electrons. The fourth-order valence-electron chi connectivity index (χ4n) is 1.76. The average Bonchev–Trinajstić information content (AvgIpc) is 2.04. The molecule has 1 atom stereocenters. The van der Waals surface area contributed by atoms with Gasteiger partial charge in [0, 0.05) is 0 Å². The molecule has 74 valence electrons. The van der Waals surface area contributed by atoms with E-state index in [-0.39, 0.29) is 11.4 Å². The van der Waals surface area contributed by atoms with Crippen molar-refractivity contribution in [3.05, 3.63) is 12.2 Å². The number of allylic oxidation sites excluding steroid dienone is 2. The maximum atomic E-state index is 11.3. The van der Waals surface area contributed by atoms with Crippen LogP contribution in [0.2, 0.25) is 0 Å². The summed E-state index contributed by atoms with van der Waals surface area (Å²) in [6.07, 6.45) is 8.29. The summed E-state index contributed by atoms with van der Waals surface area (Å²) >= 11 is 0. The van der Waals surface area contributed by atoms with Gasteiger partial charge in [-0.3, -0.25) is 4.79 Å². The van der Waals surface area contributed by atoms with E-state index in [1.54, 1.807) is 0 Å². The molecule has 13 heavy (non-hydrogen) atoms. The van der Waals surface area contributed by atoms with E-state index in [0.29, 0.717) is 13.0 Å². The van der Waals surface area contributed by atoms with E-state index in [2.05, 4.69) is 19.1 Å². The fourth-order valence-corrected chi connectivity index (χ4v) is 1.76. The van der Waals surface area contributed by atoms with Gasteiger partial charge in [-0.25, -0.2) is 0 Å². The highest BCUT2D eigenvalue weighted by Crippen LogP contribution is 2.33. The lowest BCUT2D eigenvalue weighted by Crippen LogP contribution is -2.21. The van der Waals surface area contributed by atoms with Crippen LogP contribution in [0.5, 0.6) is 0 Å². The first-order valence-corrected chi connectivity index (χ1v) is 4.99. The molecule has 0 aromatic heterocycles. The molecule has 0 amide bonds. The van der Waals surface area contributed by atoms with Crippen molar-refractivity contribution in [3.8, 4) is 0 Å². The number of carbonyl (C=O) groups excluding carboxylic acids is 1. The third-order valence-corrected chi connectivity index (χ3v) is 2.49. The van der Waals surface area contributed by atoms with Crippen molar-refractivity contribution in [1.29, 1.82) is 0 Å². The van der Waals surface area contributed by atoms with E-state index in [9.17, 15) is 4.79 Å². The molecule has 1 aliphatic carbocycles. The van der Waals surface area contributed by atoms with Gasteiger partial charge in [0.2, 0.25) is 0 Å². The zero-order valence-electron chi connectivity index (χ0n) is 8.51. The van der Waals surface area contributed by atoms with Crippen LogP contribution in [0, 0.1) is 5.41 Å². The number of carbonyl (C=O) groups is 1. The van der Waals surface area contributed by atoms with Gasteiger partial charge in [0.1, 0.15) is 0 Å². The predicted octanol–water partition coefficient (Wildman–Crippen LogP) is 2.69. The SMILES string of the molecule is CCOC(=O)CC1(C)C=CCCC1. The second-order valence-electron chi connectivity index (χ2n) is 3.93. The summed E-state index contributed by atoms with van der Waals surface area (Å²) in [6.45, 7) is 4.45. The first-order chi connectivity index (χ1) is 6.16. The van der Waals surface area contributed by atoms with Gasteiger partial charge in [-0.2, -0.15) is 0 Å². The van der Waals surface area contributed by atoms with Crippen LogP contribution in [0.3, 0.4) is 0 Å². The molecule has 0 aliphatic heterocycles. The number of rotatable bonds is 3. The van der Waals surface area contributed by atoms with Crippen molar-refractivity contribution in [1.82, 2.24) is 0 Å². The highest BCUT2D eigenvalue weighted by molar-refractivity contribution is 5.70. The van der Waals surface area contributed by atoms with Crippen LogP contribution in [-0.4, -0.2) is 12.6 Å². The predicted molar refractivity (Wildman–Crippen MR) is 52.3 cm³/mol. The minimum Gasteiger partial charge on any atom is -0.466 e. The highest BCUT2D eigenvalue weighted by Gasteiger charge is 2.26. The van der Waals surface area contributed by atoms with Crippen LogP contribution < -0.4 is 0 Å². The maximum absolute atomic E-state index is 11.3. The lowest BCUT2D eigenvalue weighted by molar-refractivity contribution is -0.145. The lowest BCUT2D eigenvalue weighted by Gasteiger charge is -2.27. The molecule has 0 saturated heterocycles. The molecule has 0 heterocycles. The van der Waals surface area contributed by atoms with Crippen molar-refractivity contribution in [2.75, 3.05) is 6.61 Å². The molecule has 0 spiro atoms. The van der Waals surface area contributed by atoms with Crippen LogP contribution in [0.1, 0.15) is 39.5 Å². The van der Waals surface area contributed by atoms with Gasteiger partial charge < -0.3 is 4.74 Å². The normalized spacial score (nSPS) is 27.2. The zero-order valence-corrected chi connectivity index (χ0v) is 8.51. The minimum atomic E-state index is -0.0726. The molecule has 2 nitrogen and oxygen atoms in total. The van der Waals surface area contributed by atoms with Crippen LogP contribution in [0.4, 0.5) is 0 Å². The van der Waals surface area contributed by atoms with Gasteiger partial charge in [-0.1, -0.05) is 19.1 Å². The summed E-state index contributed by atoms with van der Waals surface area (Å²) < 4.78 is 4.94. The summed E-state index contributed by atoms with van der Waals surface area (Å²) in [5.74, 6) is -0.0726. The van der Waals surface area contributed by atoms with Gasteiger partial charge in [0.25, 0.3) is 0 Å². The monoisotopic (exact) mass is 182 g/mol. The lowest BCUT2D eigenvalue weighted by atomic mass is 9.78. The summed E-state index contributed by atoms with van der Waals surface area (Å²) in [6, 6.07) is 0. The molecule has 0 bridgehead atoms. The van der Waals surface area contributed by atoms with E-state index in [4.69, 9.17) is 4.74 Å². The van der Waals surface area contributed by atoms with Crippen molar-refractivity contribution >= 4 is 5.97 Å².